The molecule has 0 aliphatic heterocycles. The number of hydrogen-bond acceptors (Lipinski definition) is 7. The second kappa shape index (κ2) is 8.02. The number of nitrogens with one attached hydrogen (secondary N) is 1. The third-order valence-corrected chi connectivity index (χ3v) is 5.00. The van der Waals surface area contributed by atoms with E-state index in [-0.39, 0.29) is 6.04 Å². The molecule has 0 bridgehead atoms. The third-order valence-electron chi connectivity index (χ3n) is 5.00. The van der Waals surface area contributed by atoms with Gasteiger partial charge in [0.2, 0.25) is 11.7 Å². The lowest BCUT2D eigenvalue weighted by Crippen LogP contribution is -2.10. The first-order valence-electron chi connectivity index (χ1n) is 9.69. The number of rotatable bonds is 6. The molecule has 7 nitrogen and oxygen atoms in total. The SMILES string of the molecule is COc1ccc([C@H](C)Nc2nc3cc(C)ccc3cc2-c2noc(C)n2)cc1OC. The quantitative estimate of drug-likeness (QED) is 0.479. The third kappa shape index (κ3) is 3.78. The normalized spacial score (nSPS) is 12.0. The van der Waals surface area contributed by atoms with Crippen LogP contribution in [0.2, 0.25) is 0 Å². The fourth-order valence-corrected chi connectivity index (χ4v) is 3.38. The lowest BCUT2D eigenvalue weighted by Gasteiger charge is -2.19. The molecule has 0 radical (unpaired) electrons. The maximum atomic E-state index is 5.44. The molecule has 0 saturated heterocycles. The number of ether oxygens (including phenoxy) is 2. The van der Waals surface area contributed by atoms with Gasteiger partial charge < -0.3 is 19.3 Å². The van der Waals surface area contributed by atoms with Gasteiger partial charge in [-0.25, -0.2) is 4.98 Å². The molecule has 0 unspecified atom stereocenters. The molecule has 2 aromatic carbocycles. The topological polar surface area (TPSA) is 82.3 Å². The summed E-state index contributed by atoms with van der Waals surface area (Å²) in [5.74, 6) is 3.07. The minimum atomic E-state index is -0.0497. The monoisotopic (exact) mass is 404 g/mol. The largest absolute Gasteiger partial charge is 0.493 e. The van der Waals surface area contributed by atoms with Gasteiger partial charge in [0.15, 0.2) is 11.5 Å². The van der Waals surface area contributed by atoms with Crippen molar-refractivity contribution in [2.45, 2.75) is 26.8 Å². The van der Waals surface area contributed by atoms with Crippen molar-refractivity contribution in [2.24, 2.45) is 0 Å². The highest BCUT2D eigenvalue weighted by molar-refractivity contribution is 5.88. The number of aryl methyl sites for hydroxylation is 2. The summed E-state index contributed by atoms with van der Waals surface area (Å²) in [7, 11) is 3.25. The zero-order valence-electron chi connectivity index (χ0n) is 17.7. The summed E-state index contributed by atoms with van der Waals surface area (Å²) < 4.78 is 16.0. The van der Waals surface area contributed by atoms with Crippen LogP contribution in [-0.4, -0.2) is 29.3 Å². The van der Waals surface area contributed by atoms with Gasteiger partial charge >= 0.3 is 0 Å². The molecule has 2 aromatic heterocycles. The van der Waals surface area contributed by atoms with E-state index >= 15 is 0 Å². The Morgan fingerprint density at radius 1 is 0.933 bits per heavy atom. The van der Waals surface area contributed by atoms with Gasteiger partial charge in [0.1, 0.15) is 5.82 Å². The van der Waals surface area contributed by atoms with Crippen LogP contribution in [0.5, 0.6) is 11.5 Å². The molecular weight excluding hydrogens is 380 g/mol. The highest BCUT2D eigenvalue weighted by Gasteiger charge is 2.18. The molecule has 0 amide bonds. The van der Waals surface area contributed by atoms with E-state index in [4.69, 9.17) is 19.0 Å². The predicted molar refractivity (Wildman–Crippen MR) is 116 cm³/mol. The summed E-state index contributed by atoms with van der Waals surface area (Å²) in [4.78, 5) is 9.28. The van der Waals surface area contributed by atoms with E-state index in [0.29, 0.717) is 29.0 Å². The molecule has 0 aliphatic rings. The Morgan fingerprint density at radius 3 is 2.43 bits per heavy atom. The second-order valence-electron chi connectivity index (χ2n) is 7.20. The number of anilines is 1. The molecule has 1 N–H and O–H groups in total. The van der Waals surface area contributed by atoms with Crippen molar-refractivity contribution in [3.05, 3.63) is 59.5 Å². The van der Waals surface area contributed by atoms with Crippen LogP contribution in [0.25, 0.3) is 22.3 Å². The van der Waals surface area contributed by atoms with Crippen molar-refractivity contribution in [2.75, 3.05) is 19.5 Å². The average Bonchev–Trinajstić information content (AvgIpc) is 3.18. The molecule has 0 saturated carbocycles. The minimum Gasteiger partial charge on any atom is -0.493 e. The smallest absolute Gasteiger partial charge is 0.223 e. The van der Waals surface area contributed by atoms with E-state index in [0.717, 1.165) is 27.6 Å². The van der Waals surface area contributed by atoms with Crippen LogP contribution in [0.3, 0.4) is 0 Å². The van der Waals surface area contributed by atoms with Crippen molar-refractivity contribution in [1.82, 2.24) is 15.1 Å². The van der Waals surface area contributed by atoms with Crippen LogP contribution in [0.15, 0.2) is 47.0 Å². The molecule has 0 aliphatic carbocycles. The van der Waals surface area contributed by atoms with Crippen LogP contribution in [0.1, 0.15) is 30.0 Å². The van der Waals surface area contributed by atoms with Gasteiger partial charge in [-0.1, -0.05) is 23.4 Å². The maximum Gasteiger partial charge on any atom is 0.223 e. The Morgan fingerprint density at radius 2 is 1.73 bits per heavy atom. The molecule has 30 heavy (non-hydrogen) atoms. The maximum absolute atomic E-state index is 5.44. The van der Waals surface area contributed by atoms with Gasteiger partial charge in [0.25, 0.3) is 0 Å². The Balaban J connectivity index is 1.77. The van der Waals surface area contributed by atoms with Crippen LogP contribution in [-0.2, 0) is 0 Å². The molecule has 1 atom stereocenters. The van der Waals surface area contributed by atoms with Crippen LogP contribution >= 0.6 is 0 Å². The van der Waals surface area contributed by atoms with E-state index < -0.39 is 0 Å². The predicted octanol–water partition coefficient (Wildman–Crippen LogP) is 5.09. The zero-order valence-corrected chi connectivity index (χ0v) is 17.7. The van der Waals surface area contributed by atoms with Crippen molar-refractivity contribution < 1.29 is 14.0 Å². The Kier molecular flexibility index (Phi) is 5.27. The molecule has 0 spiro atoms. The van der Waals surface area contributed by atoms with Gasteiger partial charge in [-0.05, 0) is 49.2 Å². The van der Waals surface area contributed by atoms with Gasteiger partial charge in [0, 0.05) is 12.3 Å². The van der Waals surface area contributed by atoms with Crippen LogP contribution in [0, 0.1) is 13.8 Å². The lowest BCUT2D eigenvalue weighted by molar-refractivity contribution is 0.354. The first kappa shape index (κ1) is 19.7. The number of pyridine rings is 1. The Labute approximate surface area is 175 Å². The zero-order chi connectivity index (χ0) is 21.3. The Bertz CT molecular complexity index is 1200. The van der Waals surface area contributed by atoms with Gasteiger partial charge in [0.05, 0.1) is 31.3 Å². The number of nitrogens with zero attached hydrogens (tertiary/aromatic N) is 3. The van der Waals surface area contributed by atoms with E-state index in [1.54, 1.807) is 21.1 Å². The van der Waals surface area contributed by atoms with Crippen molar-refractivity contribution in [3.8, 4) is 22.9 Å². The number of hydrogen-bond donors (Lipinski definition) is 1. The van der Waals surface area contributed by atoms with Gasteiger partial charge in [-0.3, -0.25) is 0 Å². The first-order valence-corrected chi connectivity index (χ1v) is 9.69. The van der Waals surface area contributed by atoms with E-state index in [1.165, 1.54) is 0 Å². The first-order chi connectivity index (χ1) is 14.5. The van der Waals surface area contributed by atoms with Gasteiger partial charge in [-0.15, -0.1) is 0 Å². The van der Waals surface area contributed by atoms with Crippen LogP contribution < -0.4 is 14.8 Å². The molecule has 2 heterocycles. The van der Waals surface area contributed by atoms with Crippen molar-refractivity contribution in [3.63, 3.8) is 0 Å². The van der Waals surface area contributed by atoms with Gasteiger partial charge in [-0.2, -0.15) is 4.98 Å². The van der Waals surface area contributed by atoms with E-state index in [1.807, 2.05) is 24.3 Å². The summed E-state index contributed by atoms with van der Waals surface area (Å²) in [6, 6.07) is 14.0. The molecule has 154 valence electrons. The highest BCUT2D eigenvalue weighted by atomic mass is 16.5. The molecule has 7 heteroatoms. The lowest BCUT2D eigenvalue weighted by atomic mass is 10.1. The van der Waals surface area contributed by atoms with Crippen molar-refractivity contribution in [1.29, 1.82) is 0 Å². The van der Waals surface area contributed by atoms with Crippen molar-refractivity contribution >= 4 is 16.7 Å². The number of methoxy groups -OCH3 is 2. The highest BCUT2D eigenvalue weighted by Crippen LogP contribution is 2.34. The minimum absolute atomic E-state index is 0.0497. The fourth-order valence-electron chi connectivity index (χ4n) is 3.38. The summed E-state index contributed by atoms with van der Waals surface area (Å²) in [5.41, 5.74) is 3.88. The summed E-state index contributed by atoms with van der Waals surface area (Å²) >= 11 is 0. The second-order valence-corrected chi connectivity index (χ2v) is 7.20. The van der Waals surface area contributed by atoms with E-state index in [2.05, 4.69) is 47.5 Å². The number of benzene rings is 2. The summed E-state index contributed by atoms with van der Waals surface area (Å²) in [6.07, 6.45) is 0. The molecule has 4 rings (SSSR count). The number of fused-ring (bicyclic) bond motifs is 1. The summed E-state index contributed by atoms with van der Waals surface area (Å²) in [6.45, 7) is 5.89. The molecule has 0 fully saturated rings. The summed E-state index contributed by atoms with van der Waals surface area (Å²) in [5, 5.41) is 8.62. The Hall–Kier alpha value is -3.61. The molecular formula is C23H24N4O3. The van der Waals surface area contributed by atoms with Crippen LogP contribution in [0.4, 0.5) is 5.82 Å². The standard InChI is InChI=1S/C23H24N4O3/c1-13-6-7-17-11-18(23-25-15(3)30-27-23)22(26-19(17)10-13)24-14(2)16-8-9-20(28-4)21(12-16)29-5/h6-12,14H,1-5H3,(H,24,26)/t14-/m0/s1. The number of aromatic nitrogens is 3. The molecule has 4 aromatic rings. The fraction of sp³-hybridized carbons (Fsp3) is 0.261. The average molecular weight is 404 g/mol. The van der Waals surface area contributed by atoms with E-state index in [9.17, 15) is 0 Å².